The number of nitrogens with one attached hydrogen (secondary N) is 1. The molecule has 0 spiro atoms. The van der Waals surface area contributed by atoms with Crippen molar-refractivity contribution in [2.24, 2.45) is 17.8 Å². The molecule has 2 aliphatic rings. The summed E-state index contributed by atoms with van der Waals surface area (Å²) < 4.78 is 0. The Balaban J connectivity index is 1.77. The monoisotopic (exact) mass is 252 g/mol. The number of rotatable bonds is 5. The van der Waals surface area contributed by atoms with Gasteiger partial charge in [0.05, 0.1) is 0 Å². The molecule has 0 aromatic rings. The highest BCUT2D eigenvalue weighted by Crippen LogP contribution is 2.35. The Bertz CT molecular complexity index is 241. The Morgan fingerprint density at radius 3 is 2.78 bits per heavy atom. The molecule has 1 saturated carbocycles. The molecule has 0 bridgehead atoms. The fourth-order valence-electron chi connectivity index (χ4n) is 3.88. The van der Waals surface area contributed by atoms with Crippen molar-refractivity contribution >= 4 is 0 Å². The molecule has 2 heteroatoms. The third-order valence-corrected chi connectivity index (χ3v) is 5.31. The molecule has 106 valence electrons. The van der Waals surface area contributed by atoms with Gasteiger partial charge in [-0.1, -0.05) is 33.6 Å². The highest BCUT2D eigenvalue weighted by atomic mass is 15.2. The predicted octanol–water partition coefficient (Wildman–Crippen LogP) is 3.13. The van der Waals surface area contributed by atoms with Crippen LogP contribution in [0.2, 0.25) is 0 Å². The summed E-state index contributed by atoms with van der Waals surface area (Å²) in [4.78, 5) is 2.80. The second-order valence-corrected chi connectivity index (χ2v) is 6.69. The molecule has 0 aromatic heterocycles. The summed E-state index contributed by atoms with van der Waals surface area (Å²) >= 11 is 0. The Hall–Kier alpha value is -0.0800. The van der Waals surface area contributed by atoms with Crippen LogP contribution < -0.4 is 5.32 Å². The molecule has 0 radical (unpaired) electrons. The van der Waals surface area contributed by atoms with Crippen molar-refractivity contribution in [3.05, 3.63) is 0 Å². The summed E-state index contributed by atoms with van der Waals surface area (Å²) in [7, 11) is 0. The third kappa shape index (κ3) is 3.48. The van der Waals surface area contributed by atoms with Gasteiger partial charge in [0.1, 0.15) is 0 Å². The van der Waals surface area contributed by atoms with Crippen molar-refractivity contribution in [1.82, 2.24) is 10.2 Å². The van der Waals surface area contributed by atoms with Crippen LogP contribution >= 0.6 is 0 Å². The molecule has 1 N–H and O–H groups in total. The van der Waals surface area contributed by atoms with Crippen LogP contribution in [0.1, 0.15) is 52.9 Å². The Labute approximate surface area is 114 Å². The van der Waals surface area contributed by atoms with E-state index in [0.717, 1.165) is 23.8 Å². The summed E-state index contributed by atoms with van der Waals surface area (Å²) in [6.45, 7) is 12.3. The first-order valence-corrected chi connectivity index (χ1v) is 8.17. The molecule has 4 unspecified atom stereocenters. The zero-order valence-electron chi connectivity index (χ0n) is 12.6. The van der Waals surface area contributed by atoms with E-state index in [4.69, 9.17) is 0 Å². The van der Waals surface area contributed by atoms with Gasteiger partial charge in [0.25, 0.3) is 0 Å². The third-order valence-electron chi connectivity index (χ3n) is 5.31. The van der Waals surface area contributed by atoms with Crippen molar-refractivity contribution in [2.75, 3.05) is 26.2 Å². The molecule has 1 saturated heterocycles. The molecule has 0 amide bonds. The topological polar surface area (TPSA) is 15.3 Å². The smallest absolute Gasteiger partial charge is 0.0123 e. The van der Waals surface area contributed by atoms with Crippen LogP contribution in [-0.4, -0.2) is 37.1 Å². The van der Waals surface area contributed by atoms with E-state index in [0.29, 0.717) is 0 Å². The zero-order valence-corrected chi connectivity index (χ0v) is 12.6. The van der Waals surface area contributed by atoms with Gasteiger partial charge in [-0.25, -0.2) is 0 Å². The van der Waals surface area contributed by atoms with Crippen molar-refractivity contribution < 1.29 is 0 Å². The highest BCUT2D eigenvalue weighted by Gasteiger charge is 2.34. The van der Waals surface area contributed by atoms with Gasteiger partial charge in [-0.15, -0.1) is 0 Å². The van der Waals surface area contributed by atoms with Crippen LogP contribution in [0, 0.1) is 17.8 Å². The van der Waals surface area contributed by atoms with Gasteiger partial charge in [-0.05, 0) is 56.7 Å². The maximum Gasteiger partial charge on any atom is 0.0123 e. The molecular formula is C16H32N2. The minimum atomic E-state index is 0.880. The van der Waals surface area contributed by atoms with Crippen LogP contribution in [0.25, 0.3) is 0 Å². The number of hydrogen-bond acceptors (Lipinski definition) is 2. The number of nitrogens with zero attached hydrogens (tertiary/aromatic N) is 1. The van der Waals surface area contributed by atoms with E-state index >= 15 is 0 Å². The van der Waals surface area contributed by atoms with E-state index < -0.39 is 0 Å². The second kappa shape index (κ2) is 6.91. The molecule has 2 rings (SSSR count). The van der Waals surface area contributed by atoms with Crippen LogP contribution in [0.5, 0.6) is 0 Å². The summed E-state index contributed by atoms with van der Waals surface area (Å²) in [6, 6.07) is 0.880. The maximum absolute atomic E-state index is 3.59. The second-order valence-electron chi connectivity index (χ2n) is 6.69. The lowest BCUT2D eigenvalue weighted by atomic mass is 9.77. The molecule has 4 atom stereocenters. The van der Waals surface area contributed by atoms with Gasteiger partial charge in [0, 0.05) is 12.6 Å². The lowest BCUT2D eigenvalue weighted by molar-refractivity contribution is 0.0982. The van der Waals surface area contributed by atoms with E-state index in [1.807, 2.05) is 0 Å². The lowest BCUT2D eigenvalue weighted by Gasteiger charge is -2.40. The van der Waals surface area contributed by atoms with Crippen molar-refractivity contribution in [3.8, 4) is 0 Å². The SMILES string of the molecule is CCCNCC1CCN(C2CCCC(C)C2C)C1. The maximum atomic E-state index is 3.59. The van der Waals surface area contributed by atoms with Crippen molar-refractivity contribution in [1.29, 1.82) is 0 Å². The first-order valence-electron chi connectivity index (χ1n) is 8.17. The summed E-state index contributed by atoms with van der Waals surface area (Å²) in [6.07, 6.45) is 7.01. The van der Waals surface area contributed by atoms with Crippen molar-refractivity contribution in [3.63, 3.8) is 0 Å². The summed E-state index contributed by atoms with van der Waals surface area (Å²) in [5.41, 5.74) is 0. The molecule has 1 heterocycles. The summed E-state index contributed by atoms with van der Waals surface area (Å²) in [5.74, 6) is 2.74. The van der Waals surface area contributed by atoms with Crippen LogP contribution in [-0.2, 0) is 0 Å². The van der Waals surface area contributed by atoms with Gasteiger partial charge in [0.2, 0.25) is 0 Å². The Morgan fingerprint density at radius 2 is 2.00 bits per heavy atom. The fraction of sp³-hybridized carbons (Fsp3) is 1.00. The van der Waals surface area contributed by atoms with Crippen LogP contribution in [0.15, 0.2) is 0 Å². The normalized spacial score (nSPS) is 38.2. The molecule has 1 aliphatic heterocycles. The predicted molar refractivity (Wildman–Crippen MR) is 78.8 cm³/mol. The molecule has 1 aliphatic carbocycles. The molecular weight excluding hydrogens is 220 g/mol. The quantitative estimate of drug-likeness (QED) is 0.756. The Morgan fingerprint density at radius 1 is 1.17 bits per heavy atom. The van der Waals surface area contributed by atoms with Gasteiger partial charge < -0.3 is 5.32 Å². The van der Waals surface area contributed by atoms with Gasteiger partial charge in [-0.3, -0.25) is 4.90 Å². The number of likely N-dealkylation sites (tertiary alicyclic amines) is 1. The van der Waals surface area contributed by atoms with Gasteiger partial charge in [-0.2, -0.15) is 0 Å². The Kier molecular flexibility index (Phi) is 5.50. The lowest BCUT2D eigenvalue weighted by Crippen LogP contribution is -2.43. The molecule has 0 aromatic carbocycles. The van der Waals surface area contributed by atoms with E-state index in [-0.39, 0.29) is 0 Å². The van der Waals surface area contributed by atoms with Crippen LogP contribution in [0.3, 0.4) is 0 Å². The highest BCUT2D eigenvalue weighted by molar-refractivity contribution is 4.89. The average molecular weight is 252 g/mol. The molecule has 2 fully saturated rings. The van der Waals surface area contributed by atoms with Crippen LogP contribution in [0.4, 0.5) is 0 Å². The zero-order chi connectivity index (χ0) is 13.0. The largest absolute Gasteiger partial charge is 0.316 e. The van der Waals surface area contributed by atoms with Gasteiger partial charge in [0.15, 0.2) is 0 Å². The average Bonchev–Trinajstić information content (AvgIpc) is 2.82. The van der Waals surface area contributed by atoms with Crippen molar-refractivity contribution in [2.45, 2.75) is 58.9 Å². The fourth-order valence-corrected chi connectivity index (χ4v) is 3.88. The van der Waals surface area contributed by atoms with E-state index in [1.165, 1.54) is 58.3 Å². The van der Waals surface area contributed by atoms with Gasteiger partial charge >= 0.3 is 0 Å². The first kappa shape index (κ1) is 14.3. The summed E-state index contributed by atoms with van der Waals surface area (Å²) in [5, 5.41) is 3.59. The number of hydrogen-bond donors (Lipinski definition) is 1. The minimum Gasteiger partial charge on any atom is -0.316 e. The van der Waals surface area contributed by atoms with E-state index in [2.05, 4.69) is 31.0 Å². The van der Waals surface area contributed by atoms with E-state index in [9.17, 15) is 0 Å². The molecule has 18 heavy (non-hydrogen) atoms. The molecule has 2 nitrogen and oxygen atoms in total. The standard InChI is InChI=1S/C16H32N2/c1-4-9-17-11-15-8-10-18(12-15)16-7-5-6-13(2)14(16)3/h13-17H,4-12H2,1-3H3. The minimum absolute atomic E-state index is 0.880. The van der Waals surface area contributed by atoms with E-state index in [1.54, 1.807) is 0 Å². The first-order chi connectivity index (χ1) is 8.72.